The molecule has 0 amide bonds. The van der Waals surface area contributed by atoms with E-state index in [1.807, 2.05) is 13.2 Å². The third-order valence-electron chi connectivity index (χ3n) is 2.51. The smallest absolute Gasteiger partial charge is 0.242 e. The molecule has 0 heterocycles. The van der Waals surface area contributed by atoms with Crippen molar-refractivity contribution in [3.8, 4) is 0 Å². The lowest BCUT2D eigenvalue weighted by Crippen LogP contribution is -2.36. The van der Waals surface area contributed by atoms with Crippen LogP contribution in [0.2, 0.25) is 0 Å². The zero-order valence-corrected chi connectivity index (χ0v) is 12.1. The van der Waals surface area contributed by atoms with Crippen LogP contribution in [0, 0.1) is 0 Å². The maximum Gasteiger partial charge on any atom is 0.242 e. The van der Waals surface area contributed by atoms with Gasteiger partial charge in [-0.3, -0.25) is 5.84 Å². The Hall–Kier alpha value is -0.760. The van der Waals surface area contributed by atoms with Crippen LogP contribution in [0.25, 0.3) is 0 Å². The Morgan fingerprint density at radius 3 is 2.61 bits per heavy atom. The number of thioether (sulfide) groups is 1. The molecule has 18 heavy (non-hydrogen) atoms. The fraction of sp³-hybridized carbons (Fsp3) is 0.455. The normalized spacial score (nSPS) is 13.3. The van der Waals surface area contributed by atoms with Crippen LogP contribution in [0.4, 0.5) is 5.69 Å². The van der Waals surface area contributed by atoms with Crippen molar-refractivity contribution in [2.45, 2.75) is 24.3 Å². The Bertz CT molecular complexity index is 477. The highest BCUT2D eigenvalue weighted by molar-refractivity contribution is 7.98. The fourth-order valence-corrected chi connectivity index (χ4v) is 3.86. The second-order valence-corrected chi connectivity index (χ2v) is 6.42. The number of hydrogen-bond donors (Lipinski definition) is 3. The average molecular weight is 289 g/mol. The molecule has 1 rings (SSSR count). The Morgan fingerprint density at radius 1 is 1.39 bits per heavy atom. The van der Waals surface area contributed by atoms with Gasteiger partial charge in [-0.05, 0) is 24.8 Å². The van der Waals surface area contributed by atoms with Gasteiger partial charge in [0.1, 0.15) is 4.90 Å². The van der Waals surface area contributed by atoms with Crippen molar-refractivity contribution in [1.82, 2.24) is 4.72 Å². The van der Waals surface area contributed by atoms with Crippen LogP contribution in [0.3, 0.4) is 0 Å². The first-order valence-electron chi connectivity index (χ1n) is 5.62. The Labute approximate surface area is 113 Å². The molecular weight excluding hydrogens is 270 g/mol. The largest absolute Gasteiger partial charge is 0.323 e. The van der Waals surface area contributed by atoms with E-state index in [0.29, 0.717) is 5.69 Å². The molecule has 0 aliphatic heterocycles. The van der Waals surface area contributed by atoms with Crippen molar-refractivity contribution in [1.29, 1.82) is 0 Å². The first kappa shape index (κ1) is 15.3. The Kier molecular flexibility index (Phi) is 5.94. The summed E-state index contributed by atoms with van der Waals surface area (Å²) in [5.74, 6) is 6.07. The number of hydrogen-bond acceptors (Lipinski definition) is 5. The molecule has 0 spiro atoms. The lowest BCUT2D eigenvalue weighted by atomic mass is 10.3. The van der Waals surface area contributed by atoms with Crippen LogP contribution >= 0.6 is 11.8 Å². The van der Waals surface area contributed by atoms with Gasteiger partial charge in [-0.2, -0.15) is 11.8 Å². The predicted molar refractivity (Wildman–Crippen MR) is 77.0 cm³/mol. The van der Waals surface area contributed by atoms with E-state index >= 15 is 0 Å². The number of sulfonamides is 1. The molecule has 1 aromatic rings. The molecule has 0 radical (unpaired) electrons. The van der Waals surface area contributed by atoms with Crippen LogP contribution in [0.5, 0.6) is 0 Å². The van der Waals surface area contributed by atoms with Crippen LogP contribution in [0.15, 0.2) is 29.2 Å². The summed E-state index contributed by atoms with van der Waals surface area (Å²) in [6, 6.07) is 6.49. The van der Waals surface area contributed by atoms with Gasteiger partial charge < -0.3 is 5.43 Å². The molecule has 1 atom stereocenters. The molecule has 1 unspecified atom stereocenters. The van der Waals surface area contributed by atoms with Crippen molar-refractivity contribution < 1.29 is 8.42 Å². The molecule has 0 saturated heterocycles. The molecule has 4 N–H and O–H groups in total. The summed E-state index contributed by atoms with van der Waals surface area (Å²) < 4.78 is 27.2. The molecule has 1 aromatic carbocycles. The zero-order chi connectivity index (χ0) is 13.6. The highest BCUT2D eigenvalue weighted by Crippen LogP contribution is 2.20. The second-order valence-electron chi connectivity index (χ2n) is 3.82. The first-order chi connectivity index (χ1) is 8.55. The van der Waals surface area contributed by atoms with Gasteiger partial charge in [0, 0.05) is 11.8 Å². The minimum atomic E-state index is -3.54. The molecule has 0 saturated carbocycles. The summed E-state index contributed by atoms with van der Waals surface area (Å²) >= 11 is 1.61. The van der Waals surface area contributed by atoms with Crippen molar-refractivity contribution in [3.63, 3.8) is 0 Å². The van der Waals surface area contributed by atoms with E-state index in [2.05, 4.69) is 10.1 Å². The first-order valence-corrected chi connectivity index (χ1v) is 8.49. The van der Waals surface area contributed by atoms with E-state index in [-0.39, 0.29) is 10.9 Å². The molecule has 0 aliphatic carbocycles. The third-order valence-corrected chi connectivity index (χ3v) is 4.83. The zero-order valence-electron chi connectivity index (χ0n) is 10.5. The summed E-state index contributed by atoms with van der Waals surface area (Å²) in [4.78, 5) is 0.173. The number of anilines is 1. The molecule has 0 fully saturated rings. The molecule has 0 aromatic heterocycles. The van der Waals surface area contributed by atoms with Crippen LogP contribution in [0.1, 0.15) is 13.3 Å². The number of nitrogens with two attached hydrogens (primary N) is 1. The minimum absolute atomic E-state index is 0.0733. The predicted octanol–water partition coefficient (Wildman–Crippen LogP) is 1.39. The number of benzene rings is 1. The van der Waals surface area contributed by atoms with Gasteiger partial charge in [0.05, 0.1) is 5.69 Å². The van der Waals surface area contributed by atoms with E-state index in [4.69, 9.17) is 5.84 Å². The standard InChI is InChI=1S/C11H19N3O2S2/c1-3-9(8-17-2)14-18(15,16)11-7-5-4-6-10(11)13-12/h4-7,9,13-14H,3,8,12H2,1-2H3. The number of rotatable bonds is 7. The number of nitrogen functional groups attached to an aromatic ring is 1. The van der Waals surface area contributed by atoms with Gasteiger partial charge >= 0.3 is 0 Å². The van der Waals surface area contributed by atoms with Crippen molar-refractivity contribution in [2.75, 3.05) is 17.4 Å². The van der Waals surface area contributed by atoms with Crippen LogP contribution < -0.4 is 16.0 Å². The second kappa shape index (κ2) is 6.98. The Balaban J connectivity index is 2.98. The van der Waals surface area contributed by atoms with Gasteiger partial charge in [0.15, 0.2) is 0 Å². The summed E-state index contributed by atoms with van der Waals surface area (Å²) in [6.45, 7) is 1.95. The molecule has 102 valence electrons. The van der Waals surface area contributed by atoms with Crippen LogP contribution in [-0.2, 0) is 10.0 Å². The van der Waals surface area contributed by atoms with E-state index in [1.54, 1.807) is 30.0 Å². The summed E-state index contributed by atoms with van der Waals surface area (Å²) in [7, 11) is -3.54. The van der Waals surface area contributed by atoms with Crippen LogP contribution in [-0.4, -0.2) is 26.5 Å². The molecule has 5 nitrogen and oxygen atoms in total. The quantitative estimate of drug-likeness (QED) is 0.522. The van der Waals surface area contributed by atoms with Gasteiger partial charge in [0.2, 0.25) is 10.0 Å². The maximum absolute atomic E-state index is 12.2. The lowest BCUT2D eigenvalue weighted by molar-refractivity contribution is 0.558. The fourth-order valence-electron chi connectivity index (χ4n) is 1.54. The Morgan fingerprint density at radius 2 is 2.06 bits per heavy atom. The summed E-state index contributed by atoms with van der Waals surface area (Å²) in [6.07, 6.45) is 2.70. The summed E-state index contributed by atoms with van der Waals surface area (Å²) in [5, 5.41) is 0. The molecule has 0 bridgehead atoms. The van der Waals surface area contributed by atoms with Crippen molar-refractivity contribution in [3.05, 3.63) is 24.3 Å². The monoisotopic (exact) mass is 289 g/mol. The van der Waals surface area contributed by atoms with E-state index < -0.39 is 10.0 Å². The number of para-hydroxylation sites is 1. The van der Waals surface area contributed by atoms with Crippen molar-refractivity contribution >= 4 is 27.5 Å². The van der Waals surface area contributed by atoms with E-state index in [0.717, 1.165) is 12.2 Å². The SMILES string of the molecule is CCC(CSC)NS(=O)(=O)c1ccccc1NN. The van der Waals surface area contributed by atoms with Gasteiger partial charge in [-0.25, -0.2) is 13.1 Å². The highest BCUT2D eigenvalue weighted by atomic mass is 32.2. The molecular formula is C11H19N3O2S2. The van der Waals surface area contributed by atoms with E-state index in [1.165, 1.54) is 6.07 Å². The third kappa shape index (κ3) is 3.88. The van der Waals surface area contributed by atoms with Crippen molar-refractivity contribution in [2.24, 2.45) is 5.84 Å². The summed E-state index contributed by atoms with van der Waals surface area (Å²) in [5.41, 5.74) is 2.79. The number of nitrogens with one attached hydrogen (secondary N) is 2. The lowest BCUT2D eigenvalue weighted by Gasteiger charge is -2.17. The average Bonchev–Trinajstić information content (AvgIpc) is 2.38. The van der Waals surface area contributed by atoms with Gasteiger partial charge in [-0.1, -0.05) is 19.1 Å². The minimum Gasteiger partial charge on any atom is -0.323 e. The molecule has 0 aliphatic rings. The number of hydrazine groups is 1. The maximum atomic E-state index is 12.2. The highest BCUT2D eigenvalue weighted by Gasteiger charge is 2.21. The van der Waals surface area contributed by atoms with E-state index in [9.17, 15) is 8.42 Å². The van der Waals surface area contributed by atoms with Gasteiger partial charge in [-0.15, -0.1) is 0 Å². The topological polar surface area (TPSA) is 84.2 Å². The molecule has 7 heteroatoms. The van der Waals surface area contributed by atoms with Gasteiger partial charge in [0.25, 0.3) is 0 Å².